The minimum absolute atomic E-state index is 0.0460. The molecule has 6 heteroatoms. The summed E-state index contributed by atoms with van der Waals surface area (Å²) in [5.74, 6) is -0.397. The molecule has 3 N–H and O–H groups in total. The molecule has 16 heavy (non-hydrogen) atoms. The predicted octanol–water partition coefficient (Wildman–Crippen LogP) is -1.58. The summed E-state index contributed by atoms with van der Waals surface area (Å²) in [6, 6.07) is 0. The van der Waals surface area contributed by atoms with Gasteiger partial charge in [0.1, 0.15) is 12.2 Å². The van der Waals surface area contributed by atoms with Crippen LogP contribution in [0.5, 0.6) is 0 Å². The number of aliphatic hydroxyl groups excluding tert-OH is 3. The van der Waals surface area contributed by atoms with E-state index in [4.69, 9.17) is 19.7 Å². The lowest BCUT2D eigenvalue weighted by Crippen LogP contribution is -2.33. The SMILES string of the molecule is O=C1C[C@@H]2C(CC(O)C2OCC(O)CO)O1. The fourth-order valence-electron chi connectivity index (χ4n) is 2.35. The van der Waals surface area contributed by atoms with Crippen molar-refractivity contribution in [1.29, 1.82) is 0 Å². The summed E-state index contributed by atoms with van der Waals surface area (Å²) < 4.78 is 10.4. The highest BCUT2D eigenvalue weighted by Crippen LogP contribution is 2.38. The zero-order valence-corrected chi connectivity index (χ0v) is 8.78. The van der Waals surface area contributed by atoms with Crippen molar-refractivity contribution >= 4 is 5.97 Å². The van der Waals surface area contributed by atoms with Gasteiger partial charge in [0, 0.05) is 12.3 Å². The van der Waals surface area contributed by atoms with E-state index in [0.29, 0.717) is 6.42 Å². The van der Waals surface area contributed by atoms with E-state index in [-0.39, 0.29) is 37.6 Å². The molecular weight excluding hydrogens is 216 g/mol. The monoisotopic (exact) mass is 232 g/mol. The lowest BCUT2D eigenvalue weighted by atomic mass is 10.0. The first-order valence-corrected chi connectivity index (χ1v) is 5.40. The molecular formula is C10H16O6. The summed E-state index contributed by atoms with van der Waals surface area (Å²) in [6.07, 6.45) is -1.74. The minimum Gasteiger partial charge on any atom is -0.462 e. The van der Waals surface area contributed by atoms with Gasteiger partial charge in [0.15, 0.2) is 0 Å². The Balaban J connectivity index is 1.90. The van der Waals surface area contributed by atoms with Gasteiger partial charge in [0.2, 0.25) is 0 Å². The van der Waals surface area contributed by atoms with Gasteiger partial charge in [-0.05, 0) is 0 Å². The molecule has 5 atom stereocenters. The van der Waals surface area contributed by atoms with Crippen molar-refractivity contribution in [2.75, 3.05) is 13.2 Å². The summed E-state index contributed by atoms with van der Waals surface area (Å²) in [5, 5.41) is 27.5. The van der Waals surface area contributed by atoms with Crippen molar-refractivity contribution in [2.45, 2.75) is 37.3 Å². The van der Waals surface area contributed by atoms with Crippen LogP contribution in [-0.4, -0.2) is 58.9 Å². The molecule has 2 fully saturated rings. The molecule has 1 aliphatic heterocycles. The van der Waals surface area contributed by atoms with E-state index < -0.39 is 18.3 Å². The van der Waals surface area contributed by atoms with Crippen LogP contribution < -0.4 is 0 Å². The fraction of sp³-hybridized carbons (Fsp3) is 0.900. The second-order valence-electron chi connectivity index (χ2n) is 4.33. The van der Waals surface area contributed by atoms with E-state index in [1.165, 1.54) is 0 Å². The van der Waals surface area contributed by atoms with Crippen molar-refractivity contribution in [3.05, 3.63) is 0 Å². The molecule has 0 aromatic heterocycles. The first kappa shape index (κ1) is 11.8. The van der Waals surface area contributed by atoms with Crippen LogP contribution in [0.3, 0.4) is 0 Å². The number of esters is 1. The zero-order chi connectivity index (χ0) is 11.7. The lowest BCUT2D eigenvalue weighted by molar-refractivity contribution is -0.142. The van der Waals surface area contributed by atoms with Crippen LogP contribution in [0.15, 0.2) is 0 Å². The van der Waals surface area contributed by atoms with E-state index >= 15 is 0 Å². The number of carbonyl (C=O) groups excluding carboxylic acids is 1. The normalized spacial score (nSPS) is 39.6. The first-order chi connectivity index (χ1) is 7.61. The quantitative estimate of drug-likeness (QED) is 0.506. The second kappa shape index (κ2) is 4.67. The van der Waals surface area contributed by atoms with Gasteiger partial charge in [-0.15, -0.1) is 0 Å². The molecule has 0 amide bonds. The van der Waals surface area contributed by atoms with E-state index in [0.717, 1.165) is 0 Å². The largest absolute Gasteiger partial charge is 0.462 e. The number of rotatable bonds is 4. The number of ether oxygens (including phenoxy) is 2. The van der Waals surface area contributed by atoms with Gasteiger partial charge in [-0.2, -0.15) is 0 Å². The summed E-state index contributed by atoms with van der Waals surface area (Å²) in [7, 11) is 0. The minimum atomic E-state index is -0.954. The summed E-state index contributed by atoms with van der Waals surface area (Å²) in [5.41, 5.74) is 0. The van der Waals surface area contributed by atoms with Gasteiger partial charge >= 0.3 is 5.97 Å². The van der Waals surface area contributed by atoms with Gasteiger partial charge in [0.25, 0.3) is 0 Å². The summed E-state index contributed by atoms with van der Waals surface area (Å²) in [4.78, 5) is 11.1. The van der Waals surface area contributed by atoms with Crippen molar-refractivity contribution in [3.63, 3.8) is 0 Å². The van der Waals surface area contributed by atoms with Crippen LogP contribution in [0.1, 0.15) is 12.8 Å². The molecule has 1 aliphatic carbocycles. The maximum Gasteiger partial charge on any atom is 0.306 e. The van der Waals surface area contributed by atoms with Crippen LogP contribution in [0, 0.1) is 5.92 Å². The van der Waals surface area contributed by atoms with E-state index in [1.54, 1.807) is 0 Å². The van der Waals surface area contributed by atoms with Crippen molar-refractivity contribution in [1.82, 2.24) is 0 Å². The van der Waals surface area contributed by atoms with Crippen LogP contribution in [0.25, 0.3) is 0 Å². The third kappa shape index (κ3) is 2.20. The van der Waals surface area contributed by atoms with Crippen molar-refractivity contribution < 1.29 is 29.6 Å². The number of fused-ring (bicyclic) bond motifs is 1. The highest BCUT2D eigenvalue weighted by molar-refractivity contribution is 5.72. The van der Waals surface area contributed by atoms with Crippen LogP contribution in [0.4, 0.5) is 0 Å². The van der Waals surface area contributed by atoms with Crippen molar-refractivity contribution in [3.8, 4) is 0 Å². The molecule has 1 heterocycles. The van der Waals surface area contributed by atoms with E-state index in [2.05, 4.69) is 0 Å². The average Bonchev–Trinajstić information content (AvgIpc) is 2.71. The number of hydrogen-bond acceptors (Lipinski definition) is 6. The highest BCUT2D eigenvalue weighted by atomic mass is 16.6. The molecule has 92 valence electrons. The molecule has 2 rings (SSSR count). The average molecular weight is 232 g/mol. The molecule has 1 saturated heterocycles. The van der Waals surface area contributed by atoms with Crippen LogP contribution in [0.2, 0.25) is 0 Å². The topological polar surface area (TPSA) is 96.2 Å². The summed E-state index contributed by atoms with van der Waals surface area (Å²) >= 11 is 0. The van der Waals surface area contributed by atoms with Crippen LogP contribution in [-0.2, 0) is 14.3 Å². The van der Waals surface area contributed by atoms with Crippen LogP contribution >= 0.6 is 0 Å². The predicted molar refractivity (Wildman–Crippen MR) is 51.4 cm³/mol. The van der Waals surface area contributed by atoms with Gasteiger partial charge in [-0.3, -0.25) is 4.79 Å². The van der Waals surface area contributed by atoms with Crippen molar-refractivity contribution in [2.24, 2.45) is 5.92 Å². The number of carbonyl (C=O) groups is 1. The Morgan fingerprint density at radius 2 is 2.31 bits per heavy atom. The Labute approximate surface area is 92.8 Å². The third-order valence-corrected chi connectivity index (χ3v) is 3.13. The molecule has 0 aromatic carbocycles. The molecule has 4 unspecified atom stereocenters. The Morgan fingerprint density at radius 1 is 1.56 bits per heavy atom. The fourth-order valence-corrected chi connectivity index (χ4v) is 2.35. The molecule has 0 spiro atoms. The van der Waals surface area contributed by atoms with E-state index in [9.17, 15) is 9.90 Å². The standard InChI is InChI=1S/C10H16O6/c11-3-5(12)4-15-10-6-1-9(14)16-8(6)2-7(10)13/h5-8,10-13H,1-4H2/t5?,6-,7?,8?,10?/m1/s1. The number of hydrogen-bond donors (Lipinski definition) is 3. The Kier molecular flexibility index (Phi) is 3.44. The van der Waals surface area contributed by atoms with E-state index in [1.807, 2.05) is 0 Å². The van der Waals surface area contributed by atoms with Gasteiger partial charge in [0.05, 0.1) is 31.8 Å². The lowest BCUT2D eigenvalue weighted by Gasteiger charge is -2.21. The Bertz CT molecular complexity index is 268. The zero-order valence-electron chi connectivity index (χ0n) is 8.78. The maximum atomic E-state index is 11.1. The van der Waals surface area contributed by atoms with Gasteiger partial charge < -0.3 is 24.8 Å². The molecule has 1 saturated carbocycles. The van der Waals surface area contributed by atoms with Gasteiger partial charge in [-0.1, -0.05) is 0 Å². The Morgan fingerprint density at radius 3 is 3.00 bits per heavy atom. The maximum absolute atomic E-state index is 11.1. The first-order valence-electron chi connectivity index (χ1n) is 5.40. The smallest absolute Gasteiger partial charge is 0.306 e. The molecule has 0 aromatic rings. The molecule has 6 nitrogen and oxygen atoms in total. The third-order valence-electron chi connectivity index (χ3n) is 3.13. The summed E-state index contributed by atoms with van der Waals surface area (Å²) in [6.45, 7) is -0.429. The molecule has 0 radical (unpaired) electrons. The second-order valence-corrected chi connectivity index (χ2v) is 4.33. The molecule has 2 aliphatic rings. The highest BCUT2D eigenvalue weighted by Gasteiger charge is 2.50. The van der Waals surface area contributed by atoms with Gasteiger partial charge in [-0.25, -0.2) is 0 Å². The molecule has 0 bridgehead atoms. The number of aliphatic hydroxyl groups is 3. The Hall–Kier alpha value is -0.690.